The summed E-state index contributed by atoms with van der Waals surface area (Å²) < 4.78 is 6.31. The Balaban J connectivity index is 0.907. The maximum atomic E-state index is 6.31. The van der Waals surface area contributed by atoms with Gasteiger partial charge in [0.15, 0.2) is 0 Å². The summed E-state index contributed by atoms with van der Waals surface area (Å²) in [6.07, 6.45) is 0. The number of benzene rings is 10. The molecular formula is C64H46O. The second kappa shape index (κ2) is 15.7. The maximum absolute atomic E-state index is 6.31. The van der Waals surface area contributed by atoms with Gasteiger partial charge >= 0.3 is 0 Å². The van der Waals surface area contributed by atoms with E-state index in [9.17, 15) is 0 Å². The lowest BCUT2D eigenvalue weighted by atomic mass is 9.78. The third-order valence-corrected chi connectivity index (χ3v) is 13.9. The van der Waals surface area contributed by atoms with Crippen molar-refractivity contribution in [2.75, 3.05) is 0 Å². The molecule has 0 bridgehead atoms. The van der Waals surface area contributed by atoms with Crippen LogP contribution in [0.3, 0.4) is 0 Å². The molecule has 1 aliphatic carbocycles. The van der Waals surface area contributed by atoms with Gasteiger partial charge < -0.3 is 4.42 Å². The molecule has 1 nitrogen and oxygen atoms in total. The Labute approximate surface area is 380 Å². The largest absolute Gasteiger partial charge is 0.456 e. The molecule has 10 aromatic carbocycles. The van der Waals surface area contributed by atoms with E-state index in [1.165, 1.54) is 89.0 Å². The lowest BCUT2D eigenvalue weighted by Gasteiger charge is -2.25. The SMILES string of the molecule is CC1(C)c2cc(-c3ccc4c(c3)oc3ccccc34)ccc2-c2ccc(C(c3ccc(-c4ccc(-c5ccccc5)cc4)cc3)c3ccc(-c4cccc(-c5ccccc5)c4)cc3)cc21. The molecule has 0 N–H and O–H groups in total. The van der Waals surface area contributed by atoms with E-state index in [0.29, 0.717) is 0 Å². The third kappa shape index (κ3) is 6.89. The van der Waals surface area contributed by atoms with Gasteiger partial charge in [0, 0.05) is 22.1 Å². The van der Waals surface area contributed by atoms with E-state index in [0.717, 1.165) is 27.5 Å². The summed E-state index contributed by atoms with van der Waals surface area (Å²) in [6, 6.07) is 86.7. The zero-order valence-corrected chi connectivity index (χ0v) is 36.5. The van der Waals surface area contributed by atoms with Crippen molar-refractivity contribution >= 4 is 21.9 Å². The van der Waals surface area contributed by atoms with E-state index in [2.05, 4.69) is 238 Å². The fourth-order valence-corrected chi connectivity index (χ4v) is 10.3. The summed E-state index contributed by atoms with van der Waals surface area (Å²) in [5.41, 5.74) is 22.9. The molecule has 11 aromatic rings. The zero-order valence-electron chi connectivity index (χ0n) is 36.5. The van der Waals surface area contributed by atoms with Crippen molar-refractivity contribution in [2.24, 2.45) is 0 Å². The molecule has 12 rings (SSSR count). The molecule has 0 saturated carbocycles. The summed E-state index contributed by atoms with van der Waals surface area (Å²) in [4.78, 5) is 0. The molecule has 1 aliphatic rings. The molecule has 1 heteroatoms. The number of hydrogen-bond donors (Lipinski definition) is 0. The van der Waals surface area contributed by atoms with Crippen LogP contribution < -0.4 is 0 Å². The van der Waals surface area contributed by atoms with Gasteiger partial charge in [-0.15, -0.1) is 0 Å². The normalized spacial score (nSPS) is 13.1. The molecule has 65 heavy (non-hydrogen) atoms. The Morgan fingerprint density at radius 3 is 1.32 bits per heavy atom. The predicted molar refractivity (Wildman–Crippen MR) is 272 cm³/mol. The van der Waals surface area contributed by atoms with Crippen LogP contribution in [-0.4, -0.2) is 0 Å². The maximum Gasteiger partial charge on any atom is 0.136 e. The van der Waals surface area contributed by atoms with E-state index >= 15 is 0 Å². The van der Waals surface area contributed by atoms with E-state index in [1.807, 2.05) is 12.1 Å². The minimum atomic E-state index is -0.200. The Kier molecular flexibility index (Phi) is 9.31. The topological polar surface area (TPSA) is 13.1 Å². The van der Waals surface area contributed by atoms with Crippen LogP contribution in [0.25, 0.3) is 88.7 Å². The summed E-state index contributed by atoms with van der Waals surface area (Å²) in [5, 5.41) is 2.31. The van der Waals surface area contributed by atoms with Crippen molar-refractivity contribution in [3.05, 3.63) is 264 Å². The summed E-state index contributed by atoms with van der Waals surface area (Å²) in [6.45, 7) is 4.78. The first-order valence-corrected chi connectivity index (χ1v) is 22.7. The Morgan fingerprint density at radius 1 is 0.292 bits per heavy atom. The Hall–Kier alpha value is -8.00. The second-order valence-corrected chi connectivity index (χ2v) is 18.1. The van der Waals surface area contributed by atoms with Crippen molar-refractivity contribution in [3.63, 3.8) is 0 Å². The first kappa shape index (κ1) is 38.7. The van der Waals surface area contributed by atoms with Crippen LogP contribution in [0.2, 0.25) is 0 Å². The number of rotatable bonds is 8. The van der Waals surface area contributed by atoms with Gasteiger partial charge in [-0.2, -0.15) is 0 Å². The molecule has 0 radical (unpaired) electrons. The van der Waals surface area contributed by atoms with Crippen molar-refractivity contribution < 1.29 is 4.42 Å². The highest BCUT2D eigenvalue weighted by Crippen LogP contribution is 2.51. The first-order valence-electron chi connectivity index (χ1n) is 22.7. The van der Waals surface area contributed by atoms with Gasteiger partial charge in [0.25, 0.3) is 0 Å². The second-order valence-electron chi connectivity index (χ2n) is 18.1. The van der Waals surface area contributed by atoms with Crippen molar-refractivity contribution in [2.45, 2.75) is 25.2 Å². The fourth-order valence-electron chi connectivity index (χ4n) is 10.3. The van der Waals surface area contributed by atoms with Crippen LogP contribution >= 0.6 is 0 Å². The molecule has 0 spiro atoms. The average Bonchev–Trinajstić information content (AvgIpc) is 3.85. The van der Waals surface area contributed by atoms with E-state index in [1.54, 1.807) is 0 Å². The summed E-state index contributed by atoms with van der Waals surface area (Å²) in [7, 11) is 0. The standard InChI is InChI=1S/C64H46O/c1-64(2)59-39-52(53-33-37-58-57-18-9-10-19-61(57)65-62(58)41-53)32-35-55(59)56-36-34-54(40-60(56)64)63(48-28-24-46(25-29-48)45-22-20-44(21-23-45)42-12-5-3-6-13-42)49-30-26-47(27-31-49)51-17-11-16-50(38-51)43-14-7-4-8-15-43/h3-41,63H,1-2H3. The van der Waals surface area contributed by atoms with Gasteiger partial charge in [-0.25, -0.2) is 0 Å². The molecular weight excluding hydrogens is 785 g/mol. The van der Waals surface area contributed by atoms with Crippen LogP contribution in [0, 0.1) is 0 Å². The molecule has 1 heterocycles. The quantitative estimate of drug-likeness (QED) is 0.139. The average molecular weight is 831 g/mol. The van der Waals surface area contributed by atoms with Crippen LogP contribution in [0.5, 0.6) is 0 Å². The van der Waals surface area contributed by atoms with Gasteiger partial charge in [-0.05, 0) is 125 Å². The number of para-hydroxylation sites is 1. The monoisotopic (exact) mass is 830 g/mol. The highest BCUT2D eigenvalue weighted by atomic mass is 16.3. The van der Waals surface area contributed by atoms with Gasteiger partial charge in [0.05, 0.1) is 0 Å². The van der Waals surface area contributed by atoms with E-state index in [-0.39, 0.29) is 11.3 Å². The number of fused-ring (bicyclic) bond motifs is 6. The summed E-state index contributed by atoms with van der Waals surface area (Å²) >= 11 is 0. The lowest BCUT2D eigenvalue weighted by Crippen LogP contribution is -2.16. The van der Waals surface area contributed by atoms with Crippen molar-refractivity contribution in [3.8, 4) is 66.8 Å². The molecule has 0 fully saturated rings. The van der Waals surface area contributed by atoms with Crippen molar-refractivity contribution in [1.29, 1.82) is 0 Å². The molecule has 0 aliphatic heterocycles. The van der Waals surface area contributed by atoms with E-state index < -0.39 is 0 Å². The van der Waals surface area contributed by atoms with Crippen LogP contribution in [0.4, 0.5) is 0 Å². The minimum Gasteiger partial charge on any atom is -0.456 e. The van der Waals surface area contributed by atoms with Crippen LogP contribution in [-0.2, 0) is 5.41 Å². The molecule has 308 valence electrons. The van der Waals surface area contributed by atoms with Gasteiger partial charge in [0.2, 0.25) is 0 Å². The van der Waals surface area contributed by atoms with Gasteiger partial charge in [-0.3, -0.25) is 0 Å². The highest BCUT2D eigenvalue weighted by Gasteiger charge is 2.36. The Morgan fingerprint density at radius 2 is 0.692 bits per heavy atom. The lowest BCUT2D eigenvalue weighted by molar-refractivity contribution is 0.659. The van der Waals surface area contributed by atoms with Gasteiger partial charge in [0.1, 0.15) is 11.2 Å². The van der Waals surface area contributed by atoms with Gasteiger partial charge in [-0.1, -0.05) is 220 Å². The molecule has 1 aromatic heterocycles. The van der Waals surface area contributed by atoms with Crippen LogP contribution in [0.1, 0.15) is 47.6 Å². The third-order valence-electron chi connectivity index (χ3n) is 13.9. The van der Waals surface area contributed by atoms with E-state index in [4.69, 9.17) is 4.42 Å². The smallest absolute Gasteiger partial charge is 0.136 e. The predicted octanol–water partition coefficient (Wildman–Crippen LogP) is 17.4. The summed E-state index contributed by atoms with van der Waals surface area (Å²) in [5.74, 6) is 0.0325. The molecule has 1 unspecified atom stereocenters. The molecule has 0 saturated heterocycles. The fraction of sp³-hybridized carbons (Fsp3) is 0.0625. The van der Waals surface area contributed by atoms with Crippen molar-refractivity contribution in [1.82, 2.24) is 0 Å². The molecule has 0 amide bonds. The minimum absolute atomic E-state index is 0.0325. The highest BCUT2D eigenvalue weighted by molar-refractivity contribution is 6.06. The van der Waals surface area contributed by atoms with Crippen LogP contribution in [0.15, 0.2) is 241 Å². The number of hydrogen-bond acceptors (Lipinski definition) is 1. The first-order chi connectivity index (χ1) is 31.9. The number of furan rings is 1. The zero-order chi connectivity index (χ0) is 43.5. The molecule has 1 atom stereocenters. The Bertz CT molecular complexity index is 3520.